The molecule has 0 bridgehead atoms. The molecule has 0 aliphatic carbocycles. The smallest absolute Gasteiger partial charge is 0.262 e. The highest BCUT2D eigenvalue weighted by Gasteiger charge is 2.25. The SMILES string of the molecule is CC(=O)Nc1ccc(S(=O)(=O)Nc2ccc3c(c2)N(S(C)(=O)=O)CCC3)c(C)c1. The summed E-state index contributed by atoms with van der Waals surface area (Å²) in [5, 5.41) is 2.61. The molecule has 1 aliphatic heterocycles. The molecule has 1 heterocycles. The molecule has 1 aliphatic rings. The zero-order chi connectivity index (χ0) is 21.4. The van der Waals surface area contributed by atoms with Crippen LogP contribution >= 0.6 is 0 Å². The van der Waals surface area contributed by atoms with E-state index in [1.807, 2.05) is 0 Å². The normalized spacial score (nSPS) is 14.2. The van der Waals surface area contributed by atoms with Gasteiger partial charge in [0.15, 0.2) is 0 Å². The van der Waals surface area contributed by atoms with Gasteiger partial charge in [0.25, 0.3) is 10.0 Å². The van der Waals surface area contributed by atoms with Crippen LogP contribution in [0.1, 0.15) is 24.5 Å². The number of benzene rings is 2. The summed E-state index contributed by atoms with van der Waals surface area (Å²) in [4.78, 5) is 11.2. The fraction of sp³-hybridized carbons (Fsp3) is 0.316. The van der Waals surface area contributed by atoms with E-state index >= 15 is 0 Å². The van der Waals surface area contributed by atoms with Crippen LogP contribution in [0.15, 0.2) is 41.3 Å². The molecule has 0 radical (unpaired) electrons. The highest BCUT2D eigenvalue weighted by Crippen LogP contribution is 2.32. The molecule has 0 unspecified atom stereocenters. The van der Waals surface area contributed by atoms with Gasteiger partial charge in [-0.2, -0.15) is 0 Å². The second-order valence-corrected chi connectivity index (χ2v) is 10.6. The maximum atomic E-state index is 12.9. The van der Waals surface area contributed by atoms with Gasteiger partial charge in [-0.25, -0.2) is 16.8 Å². The first-order valence-corrected chi connectivity index (χ1v) is 12.3. The minimum atomic E-state index is -3.90. The molecule has 2 aromatic rings. The van der Waals surface area contributed by atoms with Crippen molar-refractivity contribution < 1.29 is 21.6 Å². The molecule has 3 rings (SSSR count). The van der Waals surface area contributed by atoms with Gasteiger partial charge in [0, 0.05) is 19.2 Å². The quantitative estimate of drug-likeness (QED) is 0.746. The van der Waals surface area contributed by atoms with Crippen molar-refractivity contribution >= 4 is 43.0 Å². The molecule has 2 aromatic carbocycles. The van der Waals surface area contributed by atoms with Crippen LogP contribution in [0.2, 0.25) is 0 Å². The predicted octanol–water partition coefficient (Wildman–Crippen LogP) is 2.47. The second-order valence-electron chi connectivity index (χ2n) is 7.05. The maximum Gasteiger partial charge on any atom is 0.262 e. The van der Waals surface area contributed by atoms with Gasteiger partial charge in [-0.1, -0.05) is 6.07 Å². The van der Waals surface area contributed by atoms with Crippen molar-refractivity contribution in [2.45, 2.75) is 31.6 Å². The molecular weight excluding hydrogens is 414 g/mol. The Bertz CT molecular complexity index is 1170. The van der Waals surface area contributed by atoms with Crippen LogP contribution < -0.4 is 14.3 Å². The van der Waals surface area contributed by atoms with E-state index in [4.69, 9.17) is 0 Å². The van der Waals surface area contributed by atoms with E-state index in [0.717, 1.165) is 18.2 Å². The summed E-state index contributed by atoms with van der Waals surface area (Å²) in [5.41, 5.74) is 2.62. The molecule has 2 N–H and O–H groups in total. The summed E-state index contributed by atoms with van der Waals surface area (Å²) in [7, 11) is -7.35. The number of hydrogen-bond acceptors (Lipinski definition) is 5. The zero-order valence-corrected chi connectivity index (χ0v) is 18.0. The summed E-state index contributed by atoms with van der Waals surface area (Å²) in [6.45, 7) is 3.38. The fourth-order valence-electron chi connectivity index (χ4n) is 3.39. The van der Waals surface area contributed by atoms with Crippen molar-refractivity contribution in [1.29, 1.82) is 0 Å². The van der Waals surface area contributed by atoms with Gasteiger partial charge in [0.05, 0.1) is 22.5 Å². The van der Waals surface area contributed by atoms with E-state index < -0.39 is 20.0 Å². The molecule has 0 atom stereocenters. The average Bonchev–Trinajstić information content (AvgIpc) is 2.59. The summed E-state index contributed by atoms with van der Waals surface area (Å²) < 4.78 is 53.7. The number of fused-ring (bicyclic) bond motifs is 1. The van der Waals surface area contributed by atoms with E-state index in [9.17, 15) is 21.6 Å². The number of amides is 1. The minimum absolute atomic E-state index is 0.0734. The molecule has 156 valence electrons. The third-order valence-electron chi connectivity index (χ3n) is 4.60. The number of anilines is 3. The Morgan fingerprint density at radius 1 is 1.03 bits per heavy atom. The Morgan fingerprint density at radius 3 is 2.34 bits per heavy atom. The fourth-order valence-corrected chi connectivity index (χ4v) is 5.66. The molecule has 0 aromatic heterocycles. The molecule has 10 heteroatoms. The van der Waals surface area contributed by atoms with Crippen LogP contribution in [0.5, 0.6) is 0 Å². The lowest BCUT2D eigenvalue weighted by molar-refractivity contribution is -0.114. The lowest BCUT2D eigenvalue weighted by Crippen LogP contribution is -2.34. The van der Waals surface area contributed by atoms with Crippen LogP contribution in [-0.4, -0.2) is 35.5 Å². The van der Waals surface area contributed by atoms with Gasteiger partial charge in [-0.3, -0.25) is 13.8 Å². The highest BCUT2D eigenvalue weighted by molar-refractivity contribution is 7.93. The van der Waals surface area contributed by atoms with Crippen LogP contribution in [0.25, 0.3) is 0 Å². The Morgan fingerprint density at radius 2 is 1.72 bits per heavy atom. The van der Waals surface area contributed by atoms with E-state index in [0.29, 0.717) is 29.9 Å². The molecule has 0 fully saturated rings. The summed E-state index contributed by atoms with van der Waals surface area (Å²) in [6.07, 6.45) is 2.59. The van der Waals surface area contributed by atoms with E-state index in [1.54, 1.807) is 31.2 Å². The number of nitrogens with one attached hydrogen (secondary N) is 2. The van der Waals surface area contributed by atoms with E-state index in [1.165, 1.54) is 23.4 Å². The van der Waals surface area contributed by atoms with Crippen molar-refractivity contribution in [2.75, 3.05) is 27.1 Å². The molecule has 0 saturated heterocycles. The first kappa shape index (κ1) is 21.1. The molecular formula is C19H23N3O5S2. The van der Waals surface area contributed by atoms with Crippen molar-refractivity contribution in [3.05, 3.63) is 47.5 Å². The maximum absolute atomic E-state index is 12.9. The van der Waals surface area contributed by atoms with Gasteiger partial charge in [0.1, 0.15) is 0 Å². The molecule has 8 nitrogen and oxygen atoms in total. The van der Waals surface area contributed by atoms with Gasteiger partial charge < -0.3 is 5.32 Å². The number of carbonyl (C=O) groups excluding carboxylic acids is 1. The Balaban J connectivity index is 1.93. The zero-order valence-electron chi connectivity index (χ0n) is 16.4. The highest BCUT2D eigenvalue weighted by atomic mass is 32.2. The van der Waals surface area contributed by atoms with Crippen molar-refractivity contribution in [2.24, 2.45) is 0 Å². The van der Waals surface area contributed by atoms with Crippen LogP contribution in [-0.2, 0) is 31.3 Å². The molecule has 1 amide bonds. The van der Waals surface area contributed by atoms with Crippen LogP contribution in [0.4, 0.5) is 17.1 Å². The first-order valence-electron chi connectivity index (χ1n) is 8.99. The van der Waals surface area contributed by atoms with E-state index in [-0.39, 0.29) is 16.5 Å². The summed E-state index contributed by atoms with van der Waals surface area (Å²) in [5.74, 6) is -0.248. The Kier molecular flexibility index (Phi) is 5.59. The third kappa shape index (κ3) is 4.70. The Hall–Kier alpha value is -2.59. The number of carbonyl (C=O) groups is 1. The predicted molar refractivity (Wildman–Crippen MR) is 113 cm³/mol. The number of aryl methyl sites for hydroxylation is 2. The largest absolute Gasteiger partial charge is 0.326 e. The lowest BCUT2D eigenvalue weighted by atomic mass is 10.0. The summed E-state index contributed by atoms with van der Waals surface area (Å²) >= 11 is 0. The number of nitrogens with zero attached hydrogens (tertiary/aromatic N) is 1. The number of hydrogen-bond donors (Lipinski definition) is 2. The molecule has 0 spiro atoms. The number of sulfonamides is 2. The van der Waals surface area contributed by atoms with Crippen molar-refractivity contribution in [3.8, 4) is 0 Å². The lowest BCUT2D eigenvalue weighted by Gasteiger charge is -2.29. The minimum Gasteiger partial charge on any atom is -0.326 e. The molecule has 0 saturated carbocycles. The van der Waals surface area contributed by atoms with Crippen molar-refractivity contribution in [3.63, 3.8) is 0 Å². The first-order chi connectivity index (χ1) is 13.5. The van der Waals surface area contributed by atoms with Crippen LogP contribution in [0.3, 0.4) is 0 Å². The van der Waals surface area contributed by atoms with Gasteiger partial charge in [-0.05, 0) is 61.2 Å². The third-order valence-corrected chi connectivity index (χ3v) is 7.32. The monoisotopic (exact) mass is 437 g/mol. The van der Waals surface area contributed by atoms with Crippen LogP contribution in [0, 0.1) is 6.92 Å². The number of rotatable bonds is 5. The molecule has 29 heavy (non-hydrogen) atoms. The van der Waals surface area contributed by atoms with Crippen molar-refractivity contribution in [1.82, 2.24) is 0 Å². The topological polar surface area (TPSA) is 113 Å². The Labute approximate surface area is 171 Å². The van der Waals surface area contributed by atoms with E-state index in [2.05, 4.69) is 10.0 Å². The second kappa shape index (κ2) is 7.68. The van der Waals surface area contributed by atoms with Gasteiger partial charge in [-0.15, -0.1) is 0 Å². The average molecular weight is 438 g/mol. The van der Waals surface area contributed by atoms with Gasteiger partial charge >= 0.3 is 0 Å². The standard InChI is InChI=1S/C19H23N3O5S2/c1-13-11-16(20-14(2)23)8-9-19(13)29(26,27)21-17-7-6-15-5-4-10-22(18(15)12-17)28(3,24)25/h6-9,11-12,21H,4-5,10H2,1-3H3,(H,20,23). The summed E-state index contributed by atoms with van der Waals surface area (Å²) in [6, 6.07) is 9.44. The van der Waals surface area contributed by atoms with Gasteiger partial charge in [0.2, 0.25) is 15.9 Å².